The van der Waals surface area contributed by atoms with Crippen molar-refractivity contribution >= 4 is 33.3 Å². The summed E-state index contributed by atoms with van der Waals surface area (Å²) in [6.45, 7) is 0. The van der Waals surface area contributed by atoms with Crippen molar-refractivity contribution in [3.8, 4) is 0 Å². The Morgan fingerprint density at radius 3 is 1.42 bits per heavy atom. The summed E-state index contributed by atoms with van der Waals surface area (Å²) in [5.41, 5.74) is -0.607. The van der Waals surface area contributed by atoms with E-state index in [9.17, 15) is 9.59 Å². The monoisotopic (exact) mass is 350 g/mol. The summed E-state index contributed by atoms with van der Waals surface area (Å²) in [6, 6.07) is 18.3. The van der Waals surface area contributed by atoms with Crippen LogP contribution in [0.4, 0.5) is 11.8 Å². The molecule has 6 nitrogen and oxygen atoms in total. The van der Waals surface area contributed by atoms with Crippen molar-refractivity contribution in [2.75, 3.05) is 24.7 Å². The number of nitrogens with one attached hydrogen (secondary N) is 2. The molecule has 2 aromatic carbocycles. The Morgan fingerprint density at radius 1 is 0.654 bits per heavy atom. The van der Waals surface area contributed by atoms with Gasteiger partial charge in [0.05, 0.1) is 10.8 Å². The third-order valence-corrected chi connectivity index (χ3v) is 3.83. The van der Waals surface area contributed by atoms with Gasteiger partial charge in [-0.05, 0) is 22.9 Å². The van der Waals surface area contributed by atoms with Gasteiger partial charge in [-0.3, -0.25) is 0 Å². The van der Waals surface area contributed by atoms with Crippen molar-refractivity contribution in [2.24, 2.45) is 0 Å². The first-order valence-electron chi connectivity index (χ1n) is 8.03. The second-order valence-corrected chi connectivity index (χ2v) is 5.47. The van der Waals surface area contributed by atoms with Crippen LogP contribution in [0.5, 0.6) is 0 Å². The summed E-state index contributed by atoms with van der Waals surface area (Å²) < 4.78 is 9.95. The molecule has 0 spiro atoms. The minimum Gasteiger partial charge on any atom is -0.406 e. The van der Waals surface area contributed by atoms with Crippen LogP contribution in [0.25, 0.3) is 21.5 Å². The molecule has 0 aliphatic carbocycles. The van der Waals surface area contributed by atoms with Crippen LogP contribution in [0, 0.1) is 0 Å². The normalized spacial score (nSPS) is 10.2. The quantitative estimate of drug-likeness (QED) is 0.574. The van der Waals surface area contributed by atoms with Gasteiger partial charge in [0.15, 0.2) is 11.8 Å². The molecule has 132 valence electrons. The Bertz CT molecular complexity index is 1070. The lowest BCUT2D eigenvalue weighted by molar-refractivity contribution is 0.535. The van der Waals surface area contributed by atoms with Crippen LogP contribution in [0.1, 0.15) is 0 Å². The van der Waals surface area contributed by atoms with E-state index in [2.05, 4.69) is 10.6 Å². The highest BCUT2D eigenvalue weighted by Crippen LogP contribution is 2.14. The Balaban J connectivity index is 0.000000151. The smallest absolute Gasteiger partial charge is 0.345 e. The van der Waals surface area contributed by atoms with Crippen LogP contribution in [0.3, 0.4) is 0 Å². The molecule has 2 aromatic heterocycles. The molecule has 2 N–H and O–H groups in total. The fourth-order valence-corrected chi connectivity index (χ4v) is 2.52. The molecular formula is C20H18N2O4. The maximum Gasteiger partial charge on any atom is 0.345 e. The maximum atomic E-state index is 11.4. The maximum absolute atomic E-state index is 11.4. The second-order valence-electron chi connectivity index (χ2n) is 5.47. The van der Waals surface area contributed by atoms with Crippen LogP contribution in [-0.2, 0) is 0 Å². The van der Waals surface area contributed by atoms with Gasteiger partial charge < -0.3 is 19.5 Å². The Hall–Kier alpha value is -3.54. The van der Waals surface area contributed by atoms with Gasteiger partial charge in [0.1, 0.15) is 0 Å². The minimum absolute atomic E-state index is 0.303. The van der Waals surface area contributed by atoms with Crippen molar-refractivity contribution in [2.45, 2.75) is 0 Å². The van der Waals surface area contributed by atoms with Crippen molar-refractivity contribution in [3.05, 3.63) is 81.5 Å². The number of fused-ring (bicyclic) bond motifs is 2. The highest BCUT2D eigenvalue weighted by molar-refractivity contribution is 5.83. The standard InChI is InChI=1S/2C10H9NO2/c2*1-11-9-6-7-4-2-3-5-8(7)10(12)13-9/h2*2-6,11H,1H3. The molecule has 0 radical (unpaired) electrons. The average molecular weight is 350 g/mol. The molecule has 0 unspecified atom stereocenters. The SMILES string of the molecule is CNc1cc2ccccc2c(=O)o1.CNc1cc2ccccc2c(=O)o1. The first-order valence-corrected chi connectivity index (χ1v) is 8.03. The van der Waals surface area contributed by atoms with Gasteiger partial charge in [-0.2, -0.15) is 0 Å². The van der Waals surface area contributed by atoms with E-state index in [0.717, 1.165) is 10.8 Å². The lowest BCUT2D eigenvalue weighted by Gasteiger charge is -1.99. The molecule has 0 atom stereocenters. The zero-order chi connectivity index (χ0) is 18.5. The second kappa shape index (κ2) is 7.57. The van der Waals surface area contributed by atoms with E-state index >= 15 is 0 Å². The largest absolute Gasteiger partial charge is 0.406 e. The molecule has 0 saturated heterocycles. The molecule has 0 aliphatic heterocycles. The van der Waals surface area contributed by atoms with Crippen molar-refractivity contribution in [1.29, 1.82) is 0 Å². The van der Waals surface area contributed by atoms with Crippen LogP contribution < -0.4 is 21.9 Å². The number of hydrogen-bond donors (Lipinski definition) is 2. The van der Waals surface area contributed by atoms with Gasteiger partial charge in [0.25, 0.3) is 0 Å². The van der Waals surface area contributed by atoms with Gasteiger partial charge in [-0.15, -0.1) is 0 Å². The predicted octanol–water partition coefficient (Wildman–Crippen LogP) is 3.67. The predicted molar refractivity (Wildman–Crippen MR) is 104 cm³/mol. The van der Waals surface area contributed by atoms with Crippen LogP contribution in [0.2, 0.25) is 0 Å². The van der Waals surface area contributed by atoms with E-state index in [4.69, 9.17) is 8.83 Å². The first-order chi connectivity index (χ1) is 12.6. The fraction of sp³-hybridized carbons (Fsp3) is 0.100. The lowest BCUT2D eigenvalue weighted by atomic mass is 10.2. The summed E-state index contributed by atoms with van der Waals surface area (Å²) in [5.74, 6) is 0.979. The third-order valence-electron chi connectivity index (χ3n) is 3.83. The summed E-state index contributed by atoms with van der Waals surface area (Å²) in [7, 11) is 3.43. The van der Waals surface area contributed by atoms with Crippen LogP contribution in [0.15, 0.2) is 79.1 Å². The van der Waals surface area contributed by atoms with Crippen molar-refractivity contribution in [1.82, 2.24) is 0 Å². The van der Waals surface area contributed by atoms with E-state index in [0.29, 0.717) is 22.5 Å². The fourth-order valence-electron chi connectivity index (χ4n) is 2.52. The minimum atomic E-state index is -0.303. The Morgan fingerprint density at radius 2 is 1.04 bits per heavy atom. The van der Waals surface area contributed by atoms with Gasteiger partial charge in [-0.1, -0.05) is 36.4 Å². The summed E-state index contributed by atoms with van der Waals surface area (Å²) >= 11 is 0. The highest BCUT2D eigenvalue weighted by Gasteiger charge is 2.01. The molecule has 0 saturated carbocycles. The molecular weight excluding hydrogens is 332 g/mol. The third kappa shape index (κ3) is 3.59. The van der Waals surface area contributed by atoms with Crippen molar-refractivity contribution in [3.63, 3.8) is 0 Å². The summed E-state index contributed by atoms with van der Waals surface area (Å²) in [6.07, 6.45) is 0. The van der Waals surface area contributed by atoms with E-state index in [1.54, 1.807) is 38.4 Å². The topological polar surface area (TPSA) is 84.5 Å². The molecule has 0 aliphatic rings. The molecule has 26 heavy (non-hydrogen) atoms. The average Bonchev–Trinajstić information content (AvgIpc) is 2.68. The Labute approximate surface area is 149 Å². The van der Waals surface area contributed by atoms with Gasteiger partial charge in [0.2, 0.25) is 0 Å². The van der Waals surface area contributed by atoms with Gasteiger partial charge in [-0.25, -0.2) is 9.59 Å². The zero-order valence-electron chi connectivity index (χ0n) is 14.4. The molecule has 0 amide bonds. The lowest BCUT2D eigenvalue weighted by Crippen LogP contribution is -2.01. The first kappa shape index (κ1) is 17.3. The van der Waals surface area contributed by atoms with E-state index < -0.39 is 0 Å². The van der Waals surface area contributed by atoms with Gasteiger partial charge >= 0.3 is 11.3 Å². The number of benzene rings is 2. The molecule has 4 rings (SSSR count). The number of hydrogen-bond acceptors (Lipinski definition) is 6. The van der Waals surface area contributed by atoms with Gasteiger partial charge in [0, 0.05) is 26.2 Å². The van der Waals surface area contributed by atoms with E-state index in [-0.39, 0.29) is 11.3 Å². The van der Waals surface area contributed by atoms with E-state index in [1.807, 2.05) is 36.4 Å². The van der Waals surface area contributed by atoms with E-state index in [1.165, 1.54) is 0 Å². The highest BCUT2D eigenvalue weighted by atomic mass is 16.4. The Kier molecular flexibility index (Phi) is 5.03. The summed E-state index contributed by atoms with van der Waals surface area (Å²) in [5, 5.41) is 8.60. The summed E-state index contributed by atoms with van der Waals surface area (Å²) in [4.78, 5) is 22.7. The molecule has 0 bridgehead atoms. The van der Waals surface area contributed by atoms with Crippen molar-refractivity contribution < 1.29 is 8.83 Å². The van der Waals surface area contributed by atoms with Crippen LogP contribution in [-0.4, -0.2) is 14.1 Å². The molecule has 2 heterocycles. The zero-order valence-corrected chi connectivity index (χ0v) is 14.4. The number of rotatable bonds is 2. The molecule has 6 heteroatoms. The van der Waals surface area contributed by atoms with Crippen LogP contribution >= 0.6 is 0 Å². The number of anilines is 2. The molecule has 0 fully saturated rings. The molecule has 4 aromatic rings.